The molecule has 0 bridgehead atoms. The summed E-state index contributed by atoms with van der Waals surface area (Å²) in [5, 5.41) is 10.7. The van der Waals surface area contributed by atoms with E-state index < -0.39 is 0 Å². The molecule has 4 N–H and O–H groups in total. The number of nitrogens with one attached hydrogen (secondary N) is 2. The van der Waals surface area contributed by atoms with Gasteiger partial charge < -0.3 is 25.8 Å². The monoisotopic (exact) mass is 388 g/mol. The van der Waals surface area contributed by atoms with Crippen LogP contribution in [0.4, 0.5) is 29.1 Å². The van der Waals surface area contributed by atoms with E-state index in [1.807, 2.05) is 48.5 Å². The van der Waals surface area contributed by atoms with Crippen LogP contribution in [-0.2, 0) is 0 Å². The minimum Gasteiger partial charge on any atom is -0.454 e. The number of rotatable bonds is 5. The Kier molecular flexibility index (Phi) is 4.06. The summed E-state index contributed by atoms with van der Waals surface area (Å²) in [7, 11) is 0. The van der Waals surface area contributed by atoms with Gasteiger partial charge in [0.15, 0.2) is 17.3 Å². The Morgan fingerprint density at radius 1 is 0.897 bits per heavy atom. The van der Waals surface area contributed by atoms with Crippen molar-refractivity contribution in [2.24, 2.45) is 0 Å². The zero-order chi connectivity index (χ0) is 19.6. The first-order valence-corrected chi connectivity index (χ1v) is 8.78. The van der Waals surface area contributed by atoms with E-state index in [4.69, 9.17) is 15.2 Å². The molecule has 5 rings (SSSR count). The molecule has 2 aromatic heterocycles. The van der Waals surface area contributed by atoms with Crippen LogP contribution in [0.25, 0.3) is 5.82 Å². The van der Waals surface area contributed by atoms with E-state index in [-0.39, 0.29) is 12.7 Å². The van der Waals surface area contributed by atoms with Crippen molar-refractivity contribution in [3.05, 3.63) is 60.9 Å². The van der Waals surface area contributed by atoms with Gasteiger partial charge in [0.25, 0.3) is 0 Å². The van der Waals surface area contributed by atoms with E-state index in [2.05, 4.69) is 30.7 Å². The van der Waals surface area contributed by atoms with Gasteiger partial charge in [0, 0.05) is 23.5 Å². The molecule has 0 aliphatic carbocycles. The van der Waals surface area contributed by atoms with Crippen molar-refractivity contribution in [2.45, 2.75) is 0 Å². The summed E-state index contributed by atoms with van der Waals surface area (Å²) < 4.78 is 12.1. The predicted octanol–water partition coefficient (Wildman–Crippen LogP) is 2.86. The van der Waals surface area contributed by atoms with Crippen molar-refractivity contribution in [1.29, 1.82) is 0 Å². The maximum atomic E-state index is 6.04. The molecule has 0 fully saturated rings. The minimum atomic E-state index is 0.192. The molecule has 0 spiro atoms. The van der Waals surface area contributed by atoms with Crippen molar-refractivity contribution in [2.75, 3.05) is 23.2 Å². The highest BCUT2D eigenvalue weighted by Crippen LogP contribution is 2.34. The molecule has 2 aromatic carbocycles. The minimum absolute atomic E-state index is 0.192. The molecule has 0 unspecified atom stereocenters. The first-order chi connectivity index (χ1) is 14.2. The van der Waals surface area contributed by atoms with E-state index in [1.165, 1.54) is 11.0 Å². The lowest BCUT2D eigenvalue weighted by Gasteiger charge is -2.07. The first kappa shape index (κ1) is 16.8. The summed E-state index contributed by atoms with van der Waals surface area (Å²) in [6, 6.07) is 16.9. The molecule has 0 radical (unpaired) electrons. The normalized spacial score (nSPS) is 12.0. The zero-order valence-corrected chi connectivity index (χ0v) is 15.1. The number of anilines is 5. The summed E-state index contributed by atoms with van der Waals surface area (Å²) in [5.74, 6) is 2.99. The maximum absolute atomic E-state index is 6.04. The van der Waals surface area contributed by atoms with Crippen LogP contribution in [0.3, 0.4) is 0 Å². The molecule has 1 aliphatic heterocycles. The summed E-state index contributed by atoms with van der Waals surface area (Å²) in [4.78, 5) is 12.7. The second kappa shape index (κ2) is 7.00. The molecule has 10 nitrogen and oxygen atoms in total. The topological polar surface area (TPSA) is 125 Å². The van der Waals surface area contributed by atoms with Crippen LogP contribution in [0.15, 0.2) is 60.9 Å². The average Bonchev–Trinajstić information content (AvgIpc) is 3.35. The van der Waals surface area contributed by atoms with Gasteiger partial charge in [-0.1, -0.05) is 18.2 Å². The maximum Gasteiger partial charge on any atom is 0.248 e. The van der Waals surface area contributed by atoms with Gasteiger partial charge in [0.2, 0.25) is 18.7 Å². The van der Waals surface area contributed by atoms with Crippen LogP contribution in [-0.4, -0.2) is 31.5 Å². The molecular formula is C19H16N8O2. The van der Waals surface area contributed by atoms with Crippen LogP contribution in [0.2, 0.25) is 0 Å². The van der Waals surface area contributed by atoms with Gasteiger partial charge >= 0.3 is 0 Å². The summed E-state index contributed by atoms with van der Waals surface area (Å²) in [6.45, 7) is 0.214. The van der Waals surface area contributed by atoms with Crippen molar-refractivity contribution in [3.63, 3.8) is 0 Å². The molecule has 29 heavy (non-hydrogen) atoms. The fourth-order valence-electron chi connectivity index (χ4n) is 2.85. The van der Waals surface area contributed by atoms with Crippen LogP contribution >= 0.6 is 0 Å². The number of nitrogens with two attached hydrogens (primary N) is 1. The molecule has 0 atom stereocenters. The number of ether oxygens (including phenoxy) is 2. The van der Waals surface area contributed by atoms with Crippen LogP contribution in [0.5, 0.6) is 11.5 Å². The molecular weight excluding hydrogens is 372 g/mol. The first-order valence-electron chi connectivity index (χ1n) is 8.78. The fraction of sp³-hybridized carbons (Fsp3) is 0.0526. The van der Waals surface area contributed by atoms with Gasteiger partial charge in [-0.3, -0.25) is 0 Å². The molecule has 144 valence electrons. The molecule has 10 heteroatoms. The van der Waals surface area contributed by atoms with Gasteiger partial charge in [-0.2, -0.15) is 9.67 Å². The third-order valence-electron chi connectivity index (χ3n) is 4.18. The van der Waals surface area contributed by atoms with Crippen LogP contribution < -0.4 is 25.8 Å². The second-order valence-electron chi connectivity index (χ2n) is 6.15. The third kappa shape index (κ3) is 3.46. The van der Waals surface area contributed by atoms with E-state index in [0.29, 0.717) is 29.1 Å². The summed E-state index contributed by atoms with van der Waals surface area (Å²) in [5.41, 5.74) is 7.71. The summed E-state index contributed by atoms with van der Waals surface area (Å²) >= 11 is 0. The van der Waals surface area contributed by atoms with Gasteiger partial charge in [-0.15, -0.1) is 5.10 Å². The number of fused-ring (bicyclic) bond motifs is 1. The Balaban J connectivity index is 1.38. The number of nitrogens with zero attached hydrogens (tertiary/aromatic N) is 5. The van der Waals surface area contributed by atoms with E-state index in [1.54, 1.807) is 6.07 Å². The van der Waals surface area contributed by atoms with E-state index >= 15 is 0 Å². The second-order valence-corrected chi connectivity index (χ2v) is 6.15. The molecule has 3 heterocycles. The number of nitrogen functional groups attached to an aromatic ring is 1. The van der Waals surface area contributed by atoms with E-state index in [9.17, 15) is 0 Å². The lowest BCUT2D eigenvalue weighted by molar-refractivity contribution is 0.174. The number of hydrogen-bond acceptors (Lipinski definition) is 9. The van der Waals surface area contributed by atoms with Gasteiger partial charge in [0.05, 0.1) is 0 Å². The van der Waals surface area contributed by atoms with Crippen molar-refractivity contribution in [3.8, 4) is 17.3 Å². The quantitative estimate of drug-likeness (QED) is 0.473. The highest BCUT2D eigenvalue weighted by molar-refractivity contribution is 5.61. The van der Waals surface area contributed by atoms with Crippen molar-refractivity contribution in [1.82, 2.24) is 24.7 Å². The molecule has 0 amide bonds. The predicted molar refractivity (Wildman–Crippen MR) is 107 cm³/mol. The standard InChI is InChI=1S/C19H16N8O2/c20-18-25-19(24-13-6-7-14-15(8-13)29-11-28-14)26-27(18)17-9-16(21-10-22-17)23-12-4-2-1-3-5-12/h1-10H,11H2,(H,21,22,23)(H3,20,24,25,26). The Morgan fingerprint density at radius 3 is 2.66 bits per heavy atom. The molecule has 1 aliphatic rings. The number of para-hydroxylation sites is 1. The van der Waals surface area contributed by atoms with Crippen LogP contribution in [0.1, 0.15) is 0 Å². The van der Waals surface area contributed by atoms with Gasteiger partial charge in [0.1, 0.15) is 12.1 Å². The zero-order valence-electron chi connectivity index (χ0n) is 15.1. The lowest BCUT2D eigenvalue weighted by atomic mass is 10.3. The largest absolute Gasteiger partial charge is 0.454 e. The average molecular weight is 388 g/mol. The van der Waals surface area contributed by atoms with E-state index in [0.717, 1.165) is 11.4 Å². The Bertz CT molecular complexity index is 1160. The van der Waals surface area contributed by atoms with Gasteiger partial charge in [-0.25, -0.2) is 9.97 Å². The SMILES string of the molecule is Nc1nc(Nc2ccc3c(c2)OCO3)nn1-c1cc(Nc2ccccc2)ncn1. The van der Waals surface area contributed by atoms with Crippen LogP contribution in [0, 0.1) is 0 Å². The van der Waals surface area contributed by atoms with Crippen molar-refractivity contribution < 1.29 is 9.47 Å². The van der Waals surface area contributed by atoms with Crippen molar-refractivity contribution >= 4 is 29.1 Å². The third-order valence-corrected chi connectivity index (χ3v) is 4.18. The Labute approximate surface area is 165 Å². The lowest BCUT2D eigenvalue weighted by Crippen LogP contribution is -2.06. The molecule has 0 saturated heterocycles. The highest BCUT2D eigenvalue weighted by Gasteiger charge is 2.15. The number of benzene rings is 2. The smallest absolute Gasteiger partial charge is 0.248 e. The molecule has 4 aromatic rings. The summed E-state index contributed by atoms with van der Waals surface area (Å²) in [6.07, 6.45) is 1.44. The number of aromatic nitrogens is 5. The highest BCUT2D eigenvalue weighted by atomic mass is 16.7. The Morgan fingerprint density at radius 2 is 1.76 bits per heavy atom. The fourth-order valence-corrected chi connectivity index (χ4v) is 2.85. The molecule has 0 saturated carbocycles. The Hall–Kier alpha value is -4.34. The number of hydrogen-bond donors (Lipinski definition) is 3. The van der Waals surface area contributed by atoms with Gasteiger partial charge in [-0.05, 0) is 24.3 Å².